The first kappa shape index (κ1) is 14.9. The van der Waals surface area contributed by atoms with Gasteiger partial charge in [0.15, 0.2) is 5.82 Å². The number of aromatic nitrogens is 4. The molecule has 1 aromatic carbocycles. The van der Waals surface area contributed by atoms with Crippen LogP contribution in [0.3, 0.4) is 0 Å². The molecule has 1 aliphatic rings. The zero-order valence-corrected chi connectivity index (χ0v) is 14.4. The van der Waals surface area contributed by atoms with Crippen molar-refractivity contribution in [3.8, 4) is 0 Å². The van der Waals surface area contributed by atoms with Gasteiger partial charge in [-0.05, 0) is 38.0 Å². The molecule has 0 bridgehead atoms. The predicted molar refractivity (Wildman–Crippen MR) is 95.9 cm³/mol. The summed E-state index contributed by atoms with van der Waals surface area (Å²) in [6.45, 7) is 10.1. The van der Waals surface area contributed by atoms with Crippen LogP contribution in [-0.4, -0.2) is 45.8 Å². The monoisotopic (exact) mass is 322 g/mol. The van der Waals surface area contributed by atoms with E-state index in [1.54, 1.807) is 0 Å². The van der Waals surface area contributed by atoms with Gasteiger partial charge in [-0.3, -0.25) is 4.40 Å². The Morgan fingerprint density at radius 1 is 0.917 bits per heavy atom. The van der Waals surface area contributed by atoms with Crippen molar-refractivity contribution in [1.29, 1.82) is 0 Å². The summed E-state index contributed by atoms with van der Waals surface area (Å²) in [6, 6.07) is 6.66. The molecule has 1 aliphatic heterocycles. The Morgan fingerprint density at radius 2 is 1.67 bits per heavy atom. The fraction of sp³-hybridized carbons (Fsp3) is 0.389. The highest BCUT2D eigenvalue weighted by molar-refractivity contribution is 5.65. The second-order valence-corrected chi connectivity index (χ2v) is 6.46. The highest BCUT2D eigenvalue weighted by Gasteiger charge is 2.22. The summed E-state index contributed by atoms with van der Waals surface area (Å²) in [6.07, 6.45) is 3.75. The lowest BCUT2D eigenvalue weighted by Crippen LogP contribution is -2.47. The Bertz CT molecular complexity index is 876. The van der Waals surface area contributed by atoms with Gasteiger partial charge in [0.05, 0.1) is 0 Å². The van der Waals surface area contributed by atoms with E-state index in [-0.39, 0.29) is 0 Å². The van der Waals surface area contributed by atoms with Crippen molar-refractivity contribution in [3.05, 3.63) is 47.5 Å². The summed E-state index contributed by atoms with van der Waals surface area (Å²) in [5.41, 5.74) is 4.83. The second kappa shape index (κ2) is 5.78. The van der Waals surface area contributed by atoms with Gasteiger partial charge in [0.1, 0.15) is 5.82 Å². The molecule has 6 nitrogen and oxygen atoms in total. The Labute approximate surface area is 141 Å². The van der Waals surface area contributed by atoms with Crippen LogP contribution in [-0.2, 0) is 0 Å². The maximum absolute atomic E-state index is 4.56. The molecule has 0 unspecified atom stereocenters. The van der Waals surface area contributed by atoms with Gasteiger partial charge in [-0.15, -0.1) is 10.2 Å². The van der Waals surface area contributed by atoms with Crippen LogP contribution in [0, 0.1) is 20.8 Å². The molecule has 0 amide bonds. The lowest BCUT2D eigenvalue weighted by molar-refractivity contribution is 0.646. The Hall–Kier alpha value is -2.63. The molecule has 0 saturated carbocycles. The van der Waals surface area contributed by atoms with Crippen LogP contribution in [0.2, 0.25) is 0 Å². The quantitative estimate of drug-likeness (QED) is 0.725. The summed E-state index contributed by atoms with van der Waals surface area (Å²) in [7, 11) is 0. The van der Waals surface area contributed by atoms with Crippen LogP contribution in [0.4, 0.5) is 11.5 Å². The zero-order valence-electron chi connectivity index (χ0n) is 14.4. The van der Waals surface area contributed by atoms with Crippen molar-refractivity contribution in [3.63, 3.8) is 0 Å². The van der Waals surface area contributed by atoms with Crippen molar-refractivity contribution in [2.24, 2.45) is 0 Å². The largest absolute Gasteiger partial charge is 0.368 e. The van der Waals surface area contributed by atoms with Crippen molar-refractivity contribution >= 4 is 17.2 Å². The molecule has 2 aromatic heterocycles. The standard InChI is InChI=1S/C18H22N6/c1-13-4-5-14(2)16(12-13)22-8-10-23(11-9-22)17-18-21-20-15(3)24(18)7-6-19-17/h4-7,12H,8-11H2,1-3H3. The fourth-order valence-corrected chi connectivity index (χ4v) is 3.37. The minimum absolute atomic E-state index is 0.843. The molecule has 1 saturated heterocycles. The number of anilines is 2. The maximum atomic E-state index is 4.56. The predicted octanol–water partition coefficient (Wildman–Crippen LogP) is 2.38. The molecule has 24 heavy (non-hydrogen) atoms. The molecule has 6 heteroatoms. The molecule has 0 atom stereocenters. The molecule has 0 spiro atoms. The summed E-state index contributed by atoms with van der Waals surface area (Å²) >= 11 is 0. The van der Waals surface area contributed by atoms with E-state index in [2.05, 4.69) is 57.0 Å². The number of hydrogen-bond acceptors (Lipinski definition) is 5. The summed E-state index contributed by atoms with van der Waals surface area (Å²) < 4.78 is 2.00. The van der Waals surface area contributed by atoms with E-state index in [4.69, 9.17) is 0 Å². The Balaban J connectivity index is 1.56. The minimum Gasteiger partial charge on any atom is -0.368 e. The summed E-state index contributed by atoms with van der Waals surface area (Å²) in [5.74, 6) is 1.82. The van der Waals surface area contributed by atoms with Gasteiger partial charge in [0.2, 0.25) is 5.65 Å². The molecule has 0 N–H and O–H groups in total. The van der Waals surface area contributed by atoms with E-state index >= 15 is 0 Å². The second-order valence-electron chi connectivity index (χ2n) is 6.46. The number of rotatable bonds is 2. The number of fused-ring (bicyclic) bond motifs is 1. The van der Waals surface area contributed by atoms with E-state index in [1.807, 2.05) is 23.7 Å². The molecule has 0 radical (unpaired) electrons. The third-order valence-corrected chi connectivity index (χ3v) is 4.76. The smallest absolute Gasteiger partial charge is 0.203 e. The van der Waals surface area contributed by atoms with Crippen LogP contribution in [0.1, 0.15) is 17.0 Å². The number of hydrogen-bond donors (Lipinski definition) is 0. The van der Waals surface area contributed by atoms with Crippen LogP contribution >= 0.6 is 0 Å². The normalized spacial score (nSPS) is 15.3. The SMILES string of the molecule is Cc1ccc(C)c(N2CCN(c3nccn4c(C)nnc34)CC2)c1. The molecule has 124 valence electrons. The average Bonchev–Trinajstić information content (AvgIpc) is 2.99. The summed E-state index contributed by atoms with van der Waals surface area (Å²) in [4.78, 5) is 9.33. The molecule has 3 heterocycles. The third-order valence-electron chi connectivity index (χ3n) is 4.76. The number of benzene rings is 1. The maximum Gasteiger partial charge on any atom is 0.203 e. The van der Waals surface area contributed by atoms with Crippen LogP contribution in [0.15, 0.2) is 30.6 Å². The first-order valence-corrected chi connectivity index (χ1v) is 8.37. The van der Waals surface area contributed by atoms with E-state index < -0.39 is 0 Å². The zero-order chi connectivity index (χ0) is 16.7. The van der Waals surface area contributed by atoms with Crippen LogP contribution < -0.4 is 9.80 Å². The van der Waals surface area contributed by atoms with Crippen molar-refractivity contribution in [1.82, 2.24) is 19.6 Å². The van der Waals surface area contributed by atoms with E-state index in [9.17, 15) is 0 Å². The topological polar surface area (TPSA) is 49.6 Å². The van der Waals surface area contributed by atoms with Crippen molar-refractivity contribution < 1.29 is 0 Å². The highest BCUT2D eigenvalue weighted by atomic mass is 15.3. The first-order valence-electron chi connectivity index (χ1n) is 8.37. The van der Waals surface area contributed by atoms with E-state index in [1.165, 1.54) is 16.8 Å². The molecule has 1 fully saturated rings. The number of piperazine rings is 1. The lowest BCUT2D eigenvalue weighted by Gasteiger charge is -2.37. The molecule has 0 aliphatic carbocycles. The molecule has 3 aromatic rings. The Kier molecular flexibility index (Phi) is 3.59. The average molecular weight is 322 g/mol. The van der Waals surface area contributed by atoms with Gasteiger partial charge in [-0.2, -0.15) is 0 Å². The van der Waals surface area contributed by atoms with Gasteiger partial charge in [-0.25, -0.2) is 4.98 Å². The highest BCUT2D eigenvalue weighted by Crippen LogP contribution is 2.25. The van der Waals surface area contributed by atoms with Gasteiger partial charge >= 0.3 is 0 Å². The van der Waals surface area contributed by atoms with Crippen molar-refractivity contribution in [2.75, 3.05) is 36.0 Å². The van der Waals surface area contributed by atoms with Gasteiger partial charge in [-0.1, -0.05) is 12.1 Å². The third kappa shape index (κ3) is 2.48. The Morgan fingerprint density at radius 3 is 2.46 bits per heavy atom. The van der Waals surface area contributed by atoms with E-state index in [0.717, 1.165) is 43.5 Å². The molecule has 4 rings (SSSR count). The number of nitrogens with zero attached hydrogens (tertiary/aromatic N) is 6. The van der Waals surface area contributed by atoms with Crippen molar-refractivity contribution in [2.45, 2.75) is 20.8 Å². The van der Waals surface area contributed by atoms with Crippen LogP contribution in [0.5, 0.6) is 0 Å². The van der Waals surface area contributed by atoms with Gasteiger partial charge < -0.3 is 9.80 Å². The molecular formula is C18H22N6. The molecular weight excluding hydrogens is 300 g/mol. The lowest BCUT2D eigenvalue weighted by atomic mass is 10.1. The van der Waals surface area contributed by atoms with Crippen LogP contribution in [0.25, 0.3) is 5.65 Å². The fourth-order valence-electron chi connectivity index (χ4n) is 3.37. The van der Waals surface area contributed by atoms with Gasteiger partial charge in [0.25, 0.3) is 0 Å². The van der Waals surface area contributed by atoms with Gasteiger partial charge in [0, 0.05) is 44.3 Å². The van der Waals surface area contributed by atoms with E-state index in [0.29, 0.717) is 0 Å². The minimum atomic E-state index is 0.843. The number of aryl methyl sites for hydroxylation is 3. The summed E-state index contributed by atoms with van der Waals surface area (Å²) in [5, 5.41) is 8.46. The first-order chi connectivity index (χ1) is 11.6.